The van der Waals surface area contributed by atoms with Crippen LogP contribution < -0.4 is 4.74 Å². The molecule has 1 atom stereocenters. The lowest BCUT2D eigenvalue weighted by Crippen LogP contribution is -2.22. The third-order valence-corrected chi connectivity index (χ3v) is 4.97. The molecular weight excluding hydrogens is 302 g/mol. The normalized spacial score (nSPS) is 12.7. The predicted octanol–water partition coefficient (Wildman–Crippen LogP) is 1.38. The van der Waals surface area contributed by atoms with E-state index in [0.29, 0.717) is 0 Å². The Morgan fingerprint density at radius 1 is 1.43 bits per heavy atom. The molecule has 1 rings (SSSR count). The van der Waals surface area contributed by atoms with Gasteiger partial charge in [0.25, 0.3) is 5.69 Å². The van der Waals surface area contributed by atoms with Gasteiger partial charge in [-0.2, -0.15) is 0 Å². The highest BCUT2D eigenvalue weighted by Crippen LogP contribution is 2.25. The number of carboxylic acid groups (broad SMARTS) is 1. The quantitative estimate of drug-likeness (QED) is 0.595. The number of nitro groups is 1. The summed E-state index contributed by atoms with van der Waals surface area (Å²) in [5, 5.41) is 18.3. The topological polar surface area (TPSA) is 124 Å². The van der Waals surface area contributed by atoms with Gasteiger partial charge in [0, 0.05) is 6.07 Å². The van der Waals surface area contributed by atoms with Crippen molar-refractivity contribution in [3.8, 4) is 5.75 Å². The molecule has 116 valence electrons. The molecule has 0 heterocycles. The zero-order chi connectivity index (χ0) is 16.2. The fourth-order valence-corrected chi connectivity index (χ4v) is 3.01. The summed E-state index contributed by atoms with van der Waals surface area (Å²) >= 11 is 0. The maximum atomic E-state index is 12.0. The molecule has 0 saturated carbocycles. The molecule has 0 amide bonds. The van der Waals surface area contributed by atoms with Gasteiger partial charge in [-0.05, 0) is 18.6 Å². The van der Waals surface area contributed by atoms with E-state index in [1.54, 1.807) is 0 Å². The minimum Gasteiger partial charge on any atom is -0.496 e. The average Bonchev–Trinajstić information content (AvgIpc) is 2.36. The number of carbonyl (C=O) groups is 1. The van der Waals surface area contributed by atoms with Gasteiger partial charge in [-0.25, -0.2) is 8.42 Å². The lowest BCUT2D eigenvalue weighted by molar-refractivity contribution is -0.385. The number of ether oxygens (including phenoxy) is 1. The summed E-state index contributed by atoms with van der Waals surface area (Å²) in [6.45, 7) is 1.29. The standard InChI is InChI=1S/C12H15NO7S/c1-8(3-12(14)15)21(18,19)7-9-4-10(13(16)17)6-11(5-9)20-2/h4-6,8H,3,7H2,1-2H3,(H,14,15). The van der Waals surface area contributed by atoms with Crippen LogP contribution in [0.2, 0.25) is 0 Å². The monoisotopic (exact) mass is 317 g/mol. The second-order valence-electron chi connectivity index (χ2n) is 4.51. The molecule has 9 heteroatoms. The van der Waals surface area contributed by atoms with Gasteiger partial charge < -0.3 is 9.84 Å². The number of aliphatic carboxylic acids is 1. The highest BCUT2D eigenvalue weighted by molar-refractivity contribution is 7.91. The lowest BCUT2D eigenvalue weighted by Gasteiger charge is -2.11. The molecule has 0 aromatic heterocycles. The predicted molar refractivity (Wildman–Crippen MR) is 74.0 cm³/mol. The lowest BCUT2D eigenvalue weighted by atomic mass is 10.2. The largest absolute Gasteiger partial charge is 0.496 e. The first kappa shape index (κ1) is 16.9. The third-order valence-electron chi connectivity index (χ3n) is 2.84. The number of benzene rings is 1. The molecule has 21 heavy (non-hydrogen) atoms. The molecule has 0 aliphatic heterocycles. The van der Waals surface area contributed by atoms with E-state index in [9.17, 15) is 23.3 Å². The molecule has 0 saturated heterocycles. The third kappa shape index (κ3) is 4.71. The fourth-order valence-electron chi connectivity index (χ4n) is 1.70. The molecule has 1 N–H and O–H groups in total. The molecule has 1 aromatic carbocycles. The van der Waals surface area contributed by atoms with E-state index in [2.05, 4.69) is 0 Å². The molecule has 0 radical (unpaired) electrons. The van der Waals surface area contributed by atoms with Crippen LogP contribution in [0.25, 0.3) is 0 Å². The number of carboxylic acids is 1. The van der Waals surface area contributed by atoms with Gasteiger partial charge in [-0.1, -0.05) is 0 Å². The number of methoxy groups -OCH3 is 1. The van der Waals surface area contributed by atoms with E-state index in [1.807, 2.05) is 0 Å². The summed E-state index contributed by atoms with van der Waals surface area (Å²) in [6.07, 6.45) is -0.519. The fraction of sp³-hybridized carbons (Fsp3) is 0.417. The highest BCUT2D eigenvalue weighted by Gasteiger charge is 2.25. The maximum absolute atomic E-state index is 12.0. The number of hydrogen-bond acceptors (Lipinski definition) is 6. The number of nitrogens with zero attached hydrogens (tertiary/aromatic N) is 1. The van der Waals surface area contributed by atoms with Crippen molar-refractivity contribution in [2.75, 3.05) is 7.11 Å². The molecule has 0 aliphatic carbocycles. The summed E-state index contributed by atoms with van der Waals surface area (Å²) in [4.78, 5) is 20.7. The molecular formula is C12H15NO7S. The van der Waals surface area contributed by atoms with Crippen LogP contribution >= 0.6 is 0 Å². The van der Waals surface area contributed by atoms with E-state index in [0.717, 1.165) is 6.07 Å². The van der Waals surface area contributed by atoms with Crippen LogP contribution in [0.1, 0.15) is 18.9 Å². The Morgan fingerprint density at radius 2 is 2.05 bits per heavy atom. The van der Waals surface area contributed by atoms with Crippen LogP contribution in [0.5, 0.6) is 5.75 Å². The van der Waals surface area contributed by atoms with Gasteiger partial charge in [0.1, 0.15) is 5.75 Å². The van der Waals surface area contributed by atoms with Crippen molar-refractivity contribution in [2.24, 2.45) is 0 Å². The number of nitro benzene ring substituents is 1. The Hall–Kier alpha value is -2.16. The summed E-state index contributed by atoms with van der Waals surface area (Å²) < 4.78 is 29.0. The smallest absolute Gasteiger partial charge is 0.304 e. The molecule has 1 aromatic rings. The van der Waals surface area contributed by atoms with Crippen molar-refractivity contribution >= 4 is 21.5 Å². The van der Waals surface area contributed by atoms with Crippen LogP contribution in [-0.2, 0) is 20.4 Å². The Labute approximate surface area is 121 Å². The Kier molecular flexibility index (Phi) is 5.25. The first-order valence-corrected chi connectivity index (χ1v) is 7.63. The number of non-ortho nitro benzene ring substituents is 1. The molecule has 0 aliphatic rings. The number of hydrogen-bond donors (Lipinski definition) is 1. The molecule has 1 unspecified atom stereocenters. The summed E-state index contributed by atoms with van der Waals surface area (Å²) in [5.41, 5.74) is -0.108. The van der Waals surface area contributed by atoms with Gasteiger partial charge in [-0.3, -0.25) is 14.9 Å². The van der Waals surface area contributed by atoms with E-state index in [4.69, 9.17) is 9.84 Å². The first-order valence-electron chi connectivity index (χ1n) is 5.91. The molecule has 0 spiro atoms. The zero-order valence-corrected chi connectivity index (χ0v) is 12.3. The van der Waals surface area contributed by atoms with Crippen molar-refractivity contribution in [1.29, 1.82) is 0 Å². The van der Waals surface area contributed by atoms with Gasteiger partial charge >= 0.3 is 5.97 Å². The second kappa shape index (κ2) is 6.53. The minimum atomic E-state index is -3.73. The van der Waals surface area contributed by atoms with Gasteiger partial charge in [0.05, 0.1) is 35.5 Å². The Morgan fingerprint density at radius 3 is 2.52 bits per heavy atom. The molecule has 8 nitrogen and oxygen atoms in total. The minimum absolute atomic E-state index is 0.167. The van der Waals surface area contributed by atoms with E-state index < -0.39 is 38.2 Å². The Balaban J connectivity index is 3.09. The SMILES string of the molecule is COc1cc(CS(=O)(=O)C(C)CC(=O)O)cc([N+](=O)[O-])c1. The summed E-state index contributed by atoms with van der Waals surface area (Å²) in [5.74, 6) is -1.54. The van der Waals surface area contributed by atoms with Crippen molar-refractivity contribution in [3.63, 3.8) is 0 Å². The maximum Gasteiger partial charge on any atom is 0.304 e. The highest BCUT2D eigenvalue weighted by atomic mass is 32.2. The average molecular weight is 317 g/mol. The first-order chi connectivity index (χ1) is 9.65. The van der Waals surface area contributed by atoms with Gasteiger partial charge in [0.2, 0.25) is 0 Å². The summed E-state index contributed by atoms with van der Waals surface area (Å²) in [7, 11) is -2.42. The van der Waals surface area contributed by atoms with Crippen molar-refractivity contribution in [2.45, 2.75) is 24.3 Å². The van der Waals surface area contributed by atoms with Crippen molar-refractivity contribution in [3.05, 3.63) is 33.9 Å². The molecule has 0 fully saturated rings. The van der Waals surface area contributed by atoms with Gasteiger partial charge in [0.15, 0.2) is 9.84 Å². The van der Waals surface area contributed by atoms with E-state index in [-0.39, 0.29) is 17.0 Å². The number of rotatable bonds is 7. The number of sulfone groups is 1. The second-order valence-corrected chi connectivity index (χ2v) is 6.93. The van der Waals surface area contributed by atoms with Crippen molar-refractivity contribution < 1.29 is 28.0 Å². The molecule has 0 bridgehead atoms. The summed E-state index contributed by atoms with van der Waals surface area (Å²) in [6, 6.07) is 3.68. The van der Waals surface area contributed by atoms with Crippen LogP contribution in [0.4, 0.5) is 5.69 Å². The Bertz CT molecular complexity index is 654. The van der Waals surface area contributed by atoms with Crippen LogP contribution in [0, 0.1) is 10.1 Å². The van der Waals surface area contributed by atoms with Crippen LogP contribution in [0.3, 0.4) is 0 Å². The van der Waals surface area contributed by atoms with Crippen LogP contribution in [-0.4, -0.2) is 36.8 Å². The van der Waals surface area contributed by atoms with Crippen LogP contribution in [0.15, 0.2) is 18.2 Å². The van der Waals surface area contributed by atoms with E-state index >= 15 is 0 Å². The van der Waals surface area contributed by atoms with Gasteiger partial charge in [-0.15, -0.1) is 0 Å². The van der Waals surface area contributed by atoms with Crippen molar-refractivity contribution in [1.82, 2.24) is 0 Å². The zero-order valence-electron chi connectivity index (χ0n) is 11.5. The van der Waals surface area contributed by atoms with E-state index in [1.165, 1.54) is 26.2 Å².